The van der Waals surface area contributed by atoms with Gasteiger partial charge >= 0.3 is 33.9 Å². The van der Waals surface area contributed by atoms with Crippen LogP contribution in [0.5, 0.6) is 0 Å². The van der Waals surface area contributed by atoms with Crippen LogP contribution in [0.15, 0.2) is 9.59 Å². The van der Waals surface area contributed by atoms with Crippen LogP contribution < -0.4 is 11.2 Å². The highest BCUT2D eigenvalue weighted by Crippen LogP contribution is 2.23. The van der Waals surface area contributed by atoms with Crippen LogP contribution in [0.2, 0.25) is 0 Å². The lowest BCUT2D eigenvalue weighted by atomic mass is 10.4. The van der Waals surface area contributed by atoms with Crippen molar-refractivity contribution in [3.63, 3.8) is 0 Å². The summed E-state index contributed by atoms with van der Waals surface area (Å²) >= 11 is -0.158. The Morgan fingerprint density at radius 2 is 1.93 bits per heavy atom. The highest BCUT2D eigenvalue weighted by atomic mass is 27.1. The summed E-state index contributed by atoms with van der Waals surface area (Å²) in [5.41, 5.74) is -4.68. The topological polar surface area (TPSA) is 80.7 Å². The van der Waals surface area contributed by atoms with Crippen LogP contribution in [0.25, 0.3) is 0 Å². The van der Waals surface area contributed by atoms with Gasteiger partial charge in [-0.2, -0.15) is 28.1 Å². The van der Waals surface area contributed by atoms with Gasteiger partial charge in [-0.3, -0.25) is 4.79 Å². The molecular formula is C5H2AlF3N4O2. The minimum Gasteiger partial charge on any atom is -0.322 e. The monoisotopic (exact) mass is 234 g/mol. The second-order valence-corrected chi connectivity index (χ2v) is 3.34. The van der Waals surface area contributed by atoms with Gasteiger partial charge in [0, 0.05) is 0 Å². The van der Waals surface area contributed by atoms with Crippen molar-refractivity contribution in [1.29, 1.82) is 5.26 Å². The molecule has 1 heterocycles. The smallest absolute Gasteiger partial charge is 0.322 e. The van der Waals surface area contributed by atoms with E-state index in [2.05, 4.69) is 5.10 Å². The van der Waals surface area contributed by atoms with Crippen molar-refractivity contribution in [3.05, 3.63) is 26.5 Å². The lowest BCUT2D eigenvalue weighted by Gasteiger charge is -2.07. The molecule has 0 radical (unpaired) electrons. The molecule has 0 atom stereocenters. The molecule has 1 aromatic heterocycles. The Morgan fingerprint density at radius 1 is 1.40 bits per heavy atom. The number of halogens is 3. The molecule has 78 valence electrons. The summed E-state index contributed by atoms with van der Waals surface area (Å²) < 4.78 is 36.8. The van der Waals surface area contributed by atoms with Crippen LogP contribution in [-0.4, -0.2) is 29.8 Å². The van der Waals surface area contributed by atoms with Crippen molar-refractivity contribution in [3.8, 4) is 6.19 Å². The molecule has 0 amide bonds. The molecule has 0 unspecified atom stereocenters. The second kappa shape index (κ2) is 3.53. The van der Waals surface area contributed by atoms with Gasteiger partial charge in [-0.15, -0.1) is 0 Å². The maximum absolute atomic E-state index is 12.2. The summed E-state index contributed by atoms with van der Waals surface area (Å²) in [5.74, 6) is 0. The van der Waals surface area contributed by atoms with E-state index in [1.807, 2.05) is 0 Å². The zero-order valence-corrected chi connectivity index (χ0v) is 9.24. The molecule has 0 aliphatic carbocycles. The maximum Gasteiger partial charge on any atom is 0.440 e. The fourth-order valence-corrected chi connectivity index (χ4v) is 1.24. The van der Waals surface area contributed by atoms with Crippen molar-refractivity contribution in [2.24, 2.45) is 0 Å². The number of rotatable bonds is 0. The average molecular weight is 234 g/mol. The Bertz CT molecular complexity index is 551. The van der Waals surface area contributed by atoms with E-state index in [-0.39, 0.29) is 21.1 Å². The molecule has 10 heteroatoms. The molecule has 0 aliphatic rings. The molecule has 15 heavy (non-hydrogen) atoms. The molecule has 0 bridgehead atoms. The summed E-state index contributed by atoms with van der Waals surface area (Å²) in [6.45, 7) is 0. The quantitative estimate of drug-likeness (QED) is 0.493. The van der Waals surface area contributed by atoms with Crippen molar-refractivity contribution in [1.82, 2.24) is 13.3 Å². The SMILES string of the molecule is N#Cn1c(=O)c(C(F)(F)F)n[n]([AlH2])c1=O. The Labute approximate surface area is 87.8 Å². The molecule has 0 saturated carbocycles. The Hall–Kier alpha value is -1.58. The highest BCUT2D eigenvalue weighted by molar-refractivity contribution is 6.05. The van der Waals surface area contributed by atoms with Gasteiger partial charge in [-0.1, -0.05) is 0 Å². The number of nitriles is 1. The third-order valence-corrected chi connectivity index (χ3v) is 2.07. The number of alkyl halides is 3. The summed E-state index contributed by atoms with van der Waals surface area (Å²) in [5, 5.41) is 11.1. The van der Waals surface area contributed by atoms with Gasteiger partial charge in [0.15, 0.2) is 6.19 Å². The van der Waals surface area contributed by atoms with Gasteiger partial charge < -0.3 is 3.67 Å². The van der Waals surface area contributed by atoms with Crippen LogP contribution in [0.4, 0.5) is 13.2 Å². The van der Waals surface area contributed by atoms with Crippen LogP contribution in [-0.2, 0) is 6.18 Å². The first-order valence-corrected chi connectivity index (χ1v) is 4.36. The molecule has 0 aliphatic heterocycles. The Kier molecular flexibility index (Phi) is 2.71. The Morgan fingerprint density at radius 3 is 2.33 bits per heavy atom. The fraction of sp³-hybridized carbons (Fsp3) is 0.200. The van der Waals surface area contributed by atoms with Crippen molar-refractivity contribution >= 4 is 16.5 Å². The molecular weight excluding hydrogens is 232 g/mol. The van der Waals surface area contributed by atoms with Gasteiger partial charge in [0.2, 0.25) is 5.69 Å². The van der Waals surface area contributed by atoms with E-state index in [4.69, 9.17) is 5.26 Å². The first kappa shape index (κ1) is 11.5. The van der Waals surface area contributed by atoms with E-state index in [0.717, 1.165) is 6.19 Å². The molecule has 0 aromatic carbocycles. The largest absolute Gasteiger partial charge is 0.440 e. The van der Waals surface area contributed by atoms with Gasteiger partial charge in [-0.05, 0) is 0 Å². The first-order chi connectivity index (χ1) is 6.79. The molecule has 1 rings (SSSR count). The fourth-order valence-electron chi connectivity index (χ4n) is 0.839. The second-order valence-electron chi connectivity index (χ2n) is 2.49. The van der Waals surface area contributed by atoms with Gasteiger partial charge in [0.1, 0.15) is 0 Å². The van der Waals surface area contributed by atoms with Crippen molar-refractivity contribution < 1.29 is 13.2 Å². The predicted octanol–water partition coefficient (Wildman–Crippen LogP) is -1.85. The zero-order valence-electron chi connectivity index (χ0n) is 7.24. The minimum atomic E-state index is -4.98. The van der Waals surface area contributed by atoms with Crippen LogP contribution in [0.3, 0.4) is 0 Å². The summed E-state index contributed by atoms with van der Waals surface area (Å²) in [4.78, 5) is 22.0. The standard InChI is InChI=1S/C5HF3N4O2.Al.2H/c6-5(7,8)2-3(13)12(1-9)4(14)11-10-2;;;/h(H,11,13,14);;;/q;+1;;/p-1. The third kappa shape index (κ3) is 1.93. The molecule has 6 nitrogen and oxygen atoms in total. The van der Waals surface area contributed by atoms with Gasteiger partial charge in [-0.25, -0.2) is 4.79 Å². The lowest BCUT2D eigenvalue weighted by Crippen LogP contribution is -2.43. The van der Waals surface area contributed by atoms with Crippen molar-refractivity contribution in [2.75, 3.05) is 0 Å². The van der Waals surface area contributed by atoms with E-state index >= 15 is 0 Å². The minimum absolute atomic E-state index is 0.158. The normalized spacial score (nSPS) is 11.1. The average Bonchev–Trinajstić information content (AvgIpc) is 2.10. The van der Waals surface area contributed by atoms with Crippen LogP contribution >= 0.6 is 0 Å². The van der Waals surface area contributed by atoms with E-state index < -0.39 is 23.1 Å². The van der Waals surface area contributed by atoms with Crippen LogP contribution in [0.1, 0.15) is 5.69 Å². The maximum atomic E-state index is 12.2. The van der Waals surface area contributed by atoms with E-state index in [9.17, 15) is 22.8 Å². The zero-order chi connectivity index (χ0) is 11.8. The predicted molar refractivity (Wildman–Crippen MR) is 42.7 cm³/mol. The Balaban J connectivity index is 3.77. The van der Waals surface area contributed by atoms with Crippen LogP contribution in [0, 0.1) is 11.5 Å². The molecule has 0 saturated heterocycles. The molecule has 0 N–H and O–H groups in total. The molecule has 1 aromatic rings. The van der Waals surface area contributed by atoms with Gasteiger partial charge in [0.25, 0.3) is 0 Å². The lowest BCUT2D eigenvalue weighted by molar-refractivity contribution is -0.143. The number of nitrogens with zero attached hydrogens (tertiary/aromatic N) is 4. The number of hydrogen-bond acceptors (Lipinski definition) is 4. The highest BCUT2D eigenvalue weighted by Gasteiger charge is 2.37. The van der Waals surface area contributed by atoms with E-state index in [1.165, 1.54) is 0 Å². The summed E-state index contributed by atoms with van der Waals surface area (Å²) in [6, 6.07) is 0. The van der Waals surface area contributed by atoms with Gasteiger partial charge in [0.05, 0.1) is 0 Å². The third-order valence-electron chi connectivity index (χ3n) is 1.49. The summed E-state index contributed by atoms with van der Waals surface area (Å²) in [6.07, 6.45) is -3.91. The summed E-state index contributed by atoms with van der Waals surface area (Å²) in [7, 11) is 0. The number of aromatic nitrogens is 3. The number of hydrogen-bond donors (Lipinski definition) is 0. The van der Waals surface area contributed by atoms with Crippen molar-refractivity contribution in [2.45, 2.75) is 6.18 Å². The molecule has 0 fully saturated rings. The first-order valence-electron chi connectivity index (χ1n) is 3.46. The van der Waals surface area contributed by atoms with E-state index in [0.29, 0.717) is 3.67 Å². The van der Waals surface area contributed by atoms with E-state index in [1.54, 1.807) is 0 Å². The molecule has 0 spiro atoms.